The first-order valence-corrected chi connectivity index (χ1v) is 7.60. The predicted octanol–water partition coefficient (Wildman–Crippen LogP) is 2.14. The number of hydrogen-bond acceptors (Lipinski definition) is 3. The molecule has 0 atom stereocenters. The first kappa shape index (κ1) is 15.7. The van der Waals surface area contributed by atoms with E-state index in [0.29, 0.717) is 6.54 Å². The highest BCUT2D eigenvalue weighted by molar-refractivity contribution is 5.93. The van der Waals surface area contributed by atoms with Crippen molar-refractivity contribution in [2.75, 3.05) is 7.05 Å². The summed E-state index contributed by atoms with van der Waals surface area (Å²) in [5.74, 6) is -0.328. The first-order chi connectivity index (χ1) is 11.5. The van der Waals surface area contributed by atoms with Crippen molar-refractivity contribution in [1.82, 2.24) is 19.7 Å². The van der Waals surface area contributed by atoms with Crippen molar-refractivity contribution in [3.05, 3.63) is 82.0 Å². The number of carbonyl (C=O) groups is 1. The topological polar surface area (TPSA) is 71.0 Å². The molecular weight excluding hydrogens is 304 g/mol. The highest BCUT2D eigenvalue weighted by Gasteiger charge is 2.16. The molecular formula is C18H18N4O2. The summed E-state index contributed by atoms with van der Waals surface area (Å²) >= 11 is 0. The highest BCUT2D eigenvalue weighted by atomic mass is 16.2. The number of hydrogen-bond donors (Lipinski definition) is 1. The molecule has 0 aliphatic heterocycles. The fourth-order valence-corrected chi connectivity index (χ4v) is 2.43. The molecule has 0 unspecified atom stereocenters. The SMILES string of the molecule is Cc1ccc(C(=O)N(C)Cc2ccn(-c3ccccc3)n2)c(=O)[nH]1. The minimum absolute atomic E-state index is 0.130. The van der Waals surface area contributed by atoms with Gasteiger partial charge in [0.15, 0.2) is 0 Å². The van der Waals surface area contributed by atoms with Gasteiger partial charge in [-0.2, -0.15) is 5.10 Å². The molecule has 24 heavy (non-hydrogen) atoms. The maximum atomic E-state index is 12.4. The molecule has 122 valence electrons. The van der Waals surface area contributed by atoms with Crippen LogP contribution in [-0.2, 0) is 6.54 Å². The van der Waals surface area contributed by atoms with E-state index in [0.717, 1.165) is 17.1 Å². The molecule has 2 heterocycles. The van der Waals surface area contributed by atoms with Gasteiger partial charge in [-0.05, 0) is 37.3 Å². The summed E-state index contributed by atoms with van der Waals surface area (Å²) in [5.41, 5.74) is 2.18. The second-order valence-corrected chi connectivity index (χ2v) is 5.63. The monoisotopic (exact) mass is 322 g/mol. The fourth-order valence-electron chi connectivity index (χ4n) is 2.43. The third-order valence-electron chi connectivity index (χ3n) is 3.70. The van der Waals surface area contributed by atoms with E-state index >= 15 is 0 Å². The van der Waals surface area contributed by atoms with Crippen LogP contribution in [0, 0.1) is 6.92 Å². The van der Waals surface area contributed by atoms with Gasteiger partial charge in [0, 0.05) is 18.9 Å². The minimum atomic E-state index is -0.373. The summed E-state index contributed by atoms with van der Waals surface area (Å²) in [6.45, 7) is 2.10. The number of para-hydroxylation sites is 1. The lowest BCUT2D eigenvalue weighted by Crippen LogP contribution is -2.31. The summed E-state index contributed by atoms with van der Waals surface area (Å²) < 4.78 is 1.76. The van der Waals surface area contributed by atoms with Gasteiger partial charge in [-0.25, -0.2) is 4.68 Å². The predicted molar refractivity (Wildman–Crippen MR) is 91.2 cm³/mol. The summed E-state index contributed by atoms with van der Waals surface area (Å²) in [5, 5.41) is 4.47. The van der Waals surface area contributed by atoms with Crippen molar-refractivity contribution in [3.63, 3.8) is 0 Å². The Balaban J connectivity index is 1.75. The summed E-state index contributed by atoms with van der Waals surface area (Å²) in [7, 11) is 1.66. The van der Waals surface area contributed by atoms with E-state index in [-0.39, 0.29) is 17.0 Å². The van der Waals surface area contributed by atoms with Crippen LogP contribution in [0.15, 0.2) is 59.5 Å². The van der Waals surface area contributed by atoms with Crippen molar-refractivity contribution < 1.29 is 4.79 Å². The van der Waals surface area contributed by atoms with Crippen molar-refractivity contribution in [2.45, 2.75) is 13.5 Å². The number of aryl methyl sites for hydroxylation is 1. The Hall–Kier alpha value is -3.15. The van der Waals surface area contributed by atoms with Crippen LogP contribution in [0.25, 0.3) is 5.69 Å². The Morgan fingerprint density at radius 3 is 2.62 bits per heavy atom. The Labute approximate surface area is 139 Å². The second-order valence-electron chi connectivity index (χ2n) is 5.63. The molecule has 0 aliphatic rings. The highest BCUT2D eigenvalue weighted by Crippen LogP contribution is 2.09. The Morgan fingerprint density at radius 1 is 1.17 bits per heavy atom. The normalized spacial score (nSPS) is 10.6. The lowest BCUT2D eigenvalue weighted by Gasteiger charge is -2.15. The molecule has 0 radical (unpaired) electrons. The number of amides is 1. The third-order valence-corrected chi connectivity index (χ3v) is 3.70. The van der Waals surface area contributed by atoms with E-state index in [1.807, 2.05) is 42.6 Å². The van der Waals surface area contributed by atoms with Gasteiger partial charge in [0.05, 0.1) is 17.9 Å². The van der Waals surface area contributed by atoms with Gasteiger partial charge in [0.25, 0.3) is 11.5 Å². The number of benzene rings is 1. The zero-order chi connectivity index (χ0) is 17.1. The summed E-state index contributed by atoms with van der Waals surface area (Å²) in [6.07, 6.45) is 1.85. The zero-order valence-corrected chi connectivity index (χ0v) is 13.6. The Bertz CT molecular complexity index is 912. The van der Waals surface area contributed by atoms with Gasteiger partial charge < -0.3 is 9.88 Å². The molecule has 0 saturated carbocycles. The van der Waals surface area contributed by atoms with Gasteiger partial charge in [-0.3, -0.25) is 9.59 Å². The quantitative estimate of drug-likeness (QED) is 0.800. The van der Waals surface area contributed by atoms with Crippen LogP contribution in [0.1, 0.15) is 21.7 Å². The van der Waals surface area contributed by atoms with Crippen LogP contribution in [0.5, 0.6) is 0 Å². The standard InChI is InChI=1S/C18H18N4O2/c1-13-8-9-16(17(23)19-13)18(24)21(2)12-14-10-11-22(20-14)15-6-4-3-5-7-15/h3-11H,12H2,1-2H3,(H,19,23). The number of H-pyrrole nitrogens is 1. The van der Waals surface area contributed by atoms with Crippen LogP contribution in [-0.4, -0.2) is 32.6 Å². The molecule has 0 spiro atoms. The van der Waals surface area contributed by atoms with Gasteiger partial charge in [0.1, 0.15) is 5.56 Å². The second kappa shape index (κ2) is 6.54. The van der Waals surface area contributed by atoms with E-state index in [4.69, 9.17) is 0 Å². The summed E-state index contributed by atoms with van der Waals surface area (Å²) in [6, 6.07) is 14.9. The average molecular weight is 322 g/mol. The third kappa shape index (κ3) is 3.27. The number of rotatable bonds is 4. The molecule has 6 nitrogen and oxygen atoms in total. The van der Waals surface area contributed by atoms with E-state index in [9.17, 15) is 9.59 Å². The molecule has 1 amide bonds. The fraction of sp³-hybridized carbons (Fsp3) is 0.167. The van der Waals surface area contributed by atoms with Gasteiger partial charge in [-0.15, -0.1) is 0 Å². The minimum Gasteiger partial charge on any atom is -0.336 e. The van der Waals surface area contributed by atoms with Crippen LogP contribution >= 0.6 is 0 Å². The molecule has 0 aliphatic carbocycles. The number of carbonyl (C=O) groups excluding carboxylic acids is 1. The van der Waals surface area contributed by atoms with Gasteiger partial charge >= 0.3 is 0 Å². The maximum absolute atomic E-state index is 12.4. The van der Waals surface area contributed by atoms with Crippen molar-refractivity contribution >= 4 is 5.91 Å². The average Bonchev–Trinajstić information content (AvgIpc) is 3.03. The smallest absolute Gasteiger partial charge is 0.260 e. The maximum Gasteiger partial charge on any atom is 0.260 e. The number of aromatic amines is 1. The molecule has 3 aromatic rings. The molecule has 1 aromatic carbocycles. The molecule has 0 fully saturated rings. The van der Waals surface area contributed by atoms with Crippen LogP contribution in [0.3, 0.4) is 0 Å². The molecule has 0 bridgehead atoms. The Kier molecular flexibility index (Phi) is 4.29. The van der Waals surface area contributed by atoms with Crippen LogP contribution in [0.4, 0.5) is 0 Å². The molecule has 6 heteroatoms. The number of nitrogens with zero attached hydrogens (tertiary/aromatic N) is 3. The lowest BCUT2D eigenvalue weighted by molar-refractivity contribution is 0.0781. The van der Waals surface area contributed by atoms with E-state index in [1.165, 1.54) is 4.90 Å². The van der Waals surface area contributed by atoms with E-state index in [1.54, 1.807) is 30.8 Å². The molecule has 2 aromatic heterocycles. The molecule has 1 N–H and O–H groups in total. The van der Waals surface area contributed by atoms with Gasteiger partial charge in [0.2, 0.25) is 0 Å². The van der Waals surface area contributed by atoms with Crippen LogP contribution in [0.2, 0.25) is 0 Å². The molecule has 3 rings (SSSR count). The lowest BCUT2D eigenvalue weighted by atomic mass is 10.2. The largest absolute Gasteiger partial charge is 0.336 e. The number of nitrogens with one attached hydrogen (secondary N) is 1. The Morgan fingerprint density at radius 2 is 1.92 bits per heavy atom. The van der Waals surface area contributed by atoms with Crippen molar-refractivity contribution in [1.29, 1.82) is 0 Å². The molecule has 0 saturated heterocycles. The summed E-state index contributed by atoms with van der Waals surface area (Å²) in [4.78, 5) is 28.5. The van der Waals surface area contributed by atoms with Crippen molar-refractivity contribution in [2.24, 2.45) is 0 Å². The number of pyridine rings is 1. The zero-order valence-electron chi connectivity index (χ0n) is 13.6. The van der Waals surface area contributed by atoms with Gasteiger partial charge in [-0.1, -0.05) is 18.2 Å². The van der Waals surface area contributed by atoms with E-state index in [2.05, 4.69) is 10.1 Å². The van der Waals surface area contributed by atoms with Crippen LogP contribution < -0.4 is 5.56 Å². The first-order valence-electron chi connectivity index (χ1n) is 7.60. The number of aromatic nitrogens is 3. The van der Waals surface area contributed by atoms with Crippen molar-refractivity contribution in [3.8, 4) is 5.69 Å². The van der Waals surface area contributed by atoms with E-state index < -0.39 is 0 Å².